The van der Waals surface area contributed by atoms with Gasteiger partial charge in [-0.3, -0.25) is 4.79 Å². The molecule has 1 radical (unpaired) electrons. The Morgan fingerprint density at radius 2 is 1.58 bits per heavy atom. The summed E-state index contributed by atoms with van der Waals surface area (Å²) in [4.78, 5) is 16.4. The molecule has 0 unspecified atom stereocenters. The van der Waals surface area contributed by atoms with Gasteiger partial charge in [-0.15, -0.1) is 18.2 Å². The van der Waals surface area contributed by atoms with E-state index in [1.807, 2.05) is 40.0 Å². The van der Waals surface area contributed by atoms with Crippen LogP contribution < -0.4 is 0 Å². The van der Waals surface area contributed by atoms with Gasteiger partial charge in [-0.25, -0.2) is 0 Å². The number of aliphatic hydroxyl groups is 1. The monoisotopic (exact) mass is 755 g/mol. The first-order valence-corrected chi connectivity index (χ1v) is 15.4. The van der Waals surface area contributed by atoms with Gasteiger partial charge in [0.05, 0.1) is 11.3 Å². The molecule has 0 spiro atoms. The molecule has 43 heavy (non-hydrogen) atoms. The van der Waals surface area contributed by atoms with Gasteiger partial charge in [0.1, 0.15) is 5.58 Å². The van der Waals surface area contributed by atoms with Crippen LogP contribution in [0.4, 0.5) is 0 Å². The Balaban J connectivity index is 0.000000274. The van der Waals surface area contributed by atoms with Crippen molar-refractivity contribution in [3.8, 4) is 11.3 Å². The maximum atomic E-state index is 11.7. The number of carbonyl (C=O) groups excluding carboxylic acids is 1. The molecule has 1 N–H and O–H groups in total. The molecule has 2 aromatic heterocycles. The van der Waals surface area contributed by atoms with Gasteiger partial charge in [-0.05, 0) is 78.3 Å². The summed E-state index contributed by atoms with van der Waals surface area (Å²) in [5.74, 6) is 1.05. The van der Waals surface area contributed by atoms with Crippen LogP contribution in [0.2, 0.25) is 0 Å². The van der Waals surface area contributed by atoms with Crippen LogP contribution in [0.3, 0.4) is 0 Å². The minimum atomic E-state index is 0. The molecule has 5 heteroatoms. The second-order valence-corrected chi connectivity index (χ2v) is 11.5. The average Bonchev–Trinajstić information content (AvgIpc) is 3.36. The Labute approximate surface area is 270 Å². The molecule has 0 aliphatic carbocycles. The second-order valence-electron chi connectivity index (χ2n) is 11.5. The molecule has 0 atom stereocenters. The van der Waals surface area contributed by atoms with Crippen LogP contribution in [-0.4, -0.2) is 15.9 Å². The van der Waals surface area contributed by atoms with Crippen molar-refractivity contribution in [3.05, 3.63) is 89.8 Å². The maximum absolute atomic E-state index is 11.7. The van der Waals surface area contributed by atoms with Crippen LogP contribution in [0, 0.1) is 24.8 Å². The number of aryl methyl sites for hydroxylation is 1. The van der Waals surface area contributed by atoms with Crippen molar-refractivity contribution in [2.45, 2.75) is 80.1 Å². The maximum Gasteiger partial charge on any atom is 0.162 e. The van der Waals surface area contributed by atoms with E-state index < -0.39 is 0 Å². The predicted molar refractivity (Wildman–Crippen MR) is 176 cm³/mol. The number of allylic oxidation sites excluding steroid dienone is 2. The summed E-state index contributed by atoms with van der Waals surface area (Å²) in [6.07, 6.45) is 6.78. The van der Waals surface area contributed by atoms with Crippen molar-refractivity contribution in [1.82, 2.24) is 4.98 Å². The van der Waals surface area contributed by atoms with Crippen molar-refractivity contribution < 1.29 is 34.4 Å². The molecule has 2 heterocycles. The smallest absolute Gasteiger partial charge is 0.162 e. The van der Waals surface area contributed by atoms with Gasteiger partial charge in [-0.2, -0.15) is 0 Å². The summed E-state index contributed by atoms with van der Waals surface area (Å²) < 4.78 is 6.26. The fraction of sp³-hybridized carbons (Fsp3) is 0.368. The molecule has 0 fully saturated rings. The molecule has 5 rings (SSSR count). The third-order valence-corrected chi connectivity index (χ3v) is 8.36. The van der Waals surface area contributed by atoms with Gasteiger partial charge in [-0.1, -0.05) is 82.8 Å². The van der Waals surface area contributed by atoms with Crippen molar-refractivity contribution in [2.75, 3.05) is 0 Å². The number of ketones is 1. The van der Waals surface area contributed by atoms with Gasteiger partial charge in [0.2, 0.25) is 0 Å². The molecule has 4 nitrogen and oxygen atoms in total. The first-order valence-electron chi connectivity index (χ1n) is 15.4. The summed E-state index contributed by atoms with van der Waals surface area (Å²) in [7, 11) is 0. The zero-order valence-corrected chi connectivity index (χ0v) is 28.9. The topological polar surface area (TPSA) is 63.3 Å². The zero-order chi connectivity index (χ0) is 30.4. The number of fused-ring (bicyclic) bond motifs is 4. The van der Waals surface area contributed by atoms with Crippen molar-refractivity contribution in [3.63, 3.8) is 0 Å². The van der Waals surface area contributed by atoms with Crippen LogP contribution in [0.5, 0.6) is 0 Å². The van der Waals surface area contributed by atoms with E-state index in [0.29, 0.717) is 5.92 Å². The summed E-state index contributed by atoms with van der Waals surface area (Å²) in [5.41, 5.74) is 6.13. The summed E-state index contributed by atoms with van der Waals surface area (Å²) in [6.45, 7) is 14.6. The van der Waals surface area contributed by atoms with Crippen molar-refractivity contribution in [1.29, 1.82) is 0 Å². The van der Waals surface area contributed by atoms with Crippen LogP contribution >= 0.6 is 0 Å². The first-order chi connectivity index (χ1) is 20.2. The van der Waals surface area contributed by atoms with E-state index in [0.717, 1.165) is 64.3 Å². The number of benzene rings is 3. The molecule has 0 saturated carbocycles. The summed E-state index contributed by atoms with van der Waals surface area (Å²) >= 11 is 0. The number of nitrogens with zero attached hydrogens (tertiary/aromatic N) is 1. The van der Waals surface area contributed by atoms with E-state index in [1.54, 1.807) is 0 Å². The van der Waals surface area contributed by atoms with Gasteiger partial charge in [0.15, 0.2) is 5.78 Å². The first kappa shape index (κ1) is 34.2. The molecule has 0 amide bonds. The van der Waals surface area contributed by atoms with Crippen molar-refractivity contribution >= 4 is 38.5 Å². The molecule has 0 bridgehead atoms. The minimum Gasteiger partial charge on any atom is -0.512 e. The number of pyridine rings is 1. The molecular formula is C38H44IrNO3-. The van der Waals surface area contributed by atoms with Crippen LogP contribution in [0.25, 0.3) is 44.0 Å². The molecule has 5 aromatic rings. The standard InChI is InChI=1S/C25H20NO.C13H24O2.Ir/c1-15(2)17-8-10-19-18(14-17)11-12-26-24(19)22-6-4-5-21-20-9-7-16(3)13-23(20)27-25(21)22;1-5-10(6-2)12(14)9-13(15)11(7-3)8-4;/h4-5,7-15H,1-3H3;9-11,14H,5-8H2,1-4H3;/q-1;;/b;12-9-;. The zero-order valence-electron chi connectivity index (χ0n) is 26.5. The molecular weight excluding hydrogens is 711 g/mol. The Bertz CT molecular complexity index is 1710. The SMILES string of the molecule is CCC(CC)C(=O)/C=C(\O)C(CC)CC.Cc1ccc2c(c1)oc1c(-c3nccc4cc(C(C)C)ccc34)[c-]ccc12.[Ir]. The van der Waals surface area contributed by atoms with E-state index in [1.165, 1.54) is 22.6 Å². The summed E-state index contributed by atoms with van der Waals surface area (Å²) in [6, 6.07) is 22.5. The minimum absolute atomic E-state index is 0. The third-order valence-electron chi connectivity index (χ3n) is 8.36. The predicted octanol–water partition coefficient (Wildman–Crippen LogP) is 10.9. The van der Waals surface area contributed by atoms with E-state index >= 15 is 0 Å². The van der Waals surface area contributed by atoms with Crippen molar-refractivity contribution in [2.24, 2.45) is 11.8 Å². The number of hydrogen-bond donors (Lipinski definition) is 1. The number of hydrogen-bond acceptors (Lipinski definition) is 4. The third kappa shape index (κ3) is 7.63. The molecule has 0 aliphatic rings. The second kappa shape index (κ2) is 15.5. The fourth-order valence-electron chi connectivity index (χ4n) is 5.56. The quantitative estimate of drug-likeness (QED) is 0.0925. The van der Waals surface area contributed by atoms with E-state index in [-0.39, 0.29) is 43.5 Å². The molecule has 3 aromatic carbocycles. The largest absolute Gasteiger partial charge is 0.512 e. The Morgan fingerprint density at radius 3 is 2.23 bits per heavy atom. The van der Waals surface area contributed by atoms with Gasteiger partial charge < -0.3 is 14.5 Å². The Kier molecular flexibility index (Phi) is 12.3. The number of carbonyl (C=O) groups is 1. The number of aliphatic hydroxyl groups excluding tert-OH is 1. The molecule has 0 aliphatic heterocycles. The Hall–Kier alpha value is -3.27. The Morgan fingerprint density at radius 1 is 0.907 bits per heavy atom. The van der Waals surface area contributed by atoms with Gasteiger partial charge in [0, 0.05) is 49.6 Å². The van der Waals surface area contributed by atoms with Crippen LogP contribution in [0.1, 0.15) is 84.3 Å². The average molecular weight is 755 g/mol. The van der Waals surface area contributed by atoms with Gasteiger partial charge in [0.25, 0.3) is 0 Å². The number of rotatable bonds is 9. The molecule has 0 saturated heterocycles. The van der Waals surface area contributed by atoms with E-state index in [4.69, 9.17) is 9.40 Å². The number of furan rings is 1. The summed E-state index contributed by atoms with van der Waals surface area (Å²) in [5, 5.41) is 14.3. The van der Waals surface area contributed by atoms with Gasteiger partial charge >= 0.3 is 0 Å². The van der Waals surface area contributed by atoms with E-state index in [9.17, 15) is 9.90 Å². The fourth-order valence-corrected chi connectivity index (χ4v) is 5.56. The number of aromatic nitrogens is 1. The molecule has 229 valence electrons. The van der Waals surface area contributed by atoms with E-state index in [2.05, 4.69) is 75.4 Å². The van der Waals surface area contributed by atoms with Crippen LogP contribution in [0.15, 0.2) is 77.0 Å². The normalized spacial score (nSPS) is 11.8. The van der Waals surface area contributed by atoms with Crippen LogP contribution in [-0.2, 0) is 24.9 Å².